The molecule has 0 unspecified atom stereocenters. The van der Waals surface area contributed by atoms with E-state index in [4.69, 9.17) is 17.0 Å². The van der Waals surface area contributed by atoms with Crippen molar-refractivity contribution in [2.75, 3.05) is 37.7 Å². The van der Waals surface area contributed by atoms with Gasteiger partial charge < -0.3 is 14.2 Å². The van der Waals surface area contributed by atoms with E-state index in [1.54, 1.807) is 13.0 Å². The molecule has 0 bridgehead atoms. The Bertz CT molecular complexity index is 941. The van der Waals surface area contributed by atoms with Crippen LogP contribution in [0.15, 0.2) is 36.4 Å². The lowest BCUT2D eigenvalue weighted by molar-refractivity contribution is 0.0523. The number of nitrogens with zero attached hydrogens (tertiary/aromatic N) is 4. The first-order chi connectivity index (χ1) is 13.5. The Labute approximate surface area is 170 Å². The molecule has 1 fully saturated rings. The van der Waals surface area contributed by atoms with Gasteiger partial charge in [0.05, 0.1) is 24.4 Å². The summed E-state index contributed by atoms with van der Waals surface area (Å²) in [6, 6.07) is 14.0. The molecule has 0 saturated carbocycles. The van der Waals surface area contributed by atoms with Gasteiger partial charge in [0.1, 0.15) is 10.7 Å². The molecule has 6 nitrogen and oxygen atoms in total. The van der Waals surface area contributed by atoms with Crippen LogP contribution < -0.4 is 4.90 Å². The van der Waals surface area contributed by atoms with E-state index in [1.165, 1.54) is 5.69 Å². The van der Waals surface area contributed by atoms with Gasteiger partial charge in [-0.2, -0.15) is 5.26 Å². The van der Waals surface area contributed by atoms with E-state index < -0.39 is 5.97 Å². The van der Waals surface area contributed by atoms with Gasteiger partial charge in [-0.1, -0.05) is 30.4 Å². The van der Waals surface area contributed by atoms with E-state index in [0.29, 0.717) is 22.4 Å². The molecule has 0 atom stereocenters. The zero-order chi connectivity index (χ0) is 20.1. The van der Waals surface area contributed by atoms with Crippen molar-refractivity contribution in [2.24, 2.45) is 0 Å². The van der Waals surface area contributed by atoms with Gasteiger partial charge in [-0.25, -0.2) is 4.79 Å². The lowest BCUT2D eigenvalue weighted by Gasteiger charge is -2.36. The topological polar surface area (TPSA) is 61.5 Å². The van der Waals surface area contributed by atoms with Crippen molar-refractivity contribution in [3.05, 3.63) is 57.9 Å². The molecule has 28 heavy (non-hydrogen) atoms. The molecule has 2 heterocycles. The number of aromatic nitrogens is 1. The molecule has 0 N–H and O–H groups in total. The predicted molar refractivity (Wildman–Crippen MR) is 111 cm³/mol. The van der Waals surface area contributed by atoms with Gasteiger partial charge in [0.15, 0.2) is 0 Å². The van der Waals surface area contributed by atoms with Crippen molar-refractivity contribution in [1.29, 1.82) is 5.26 Å². The Morgan fingerprint density at radius 3 is 2.50 bits per heavy atom. The minimum absolute atomic E-state index is 0.289. The Kier molecular flexibility index (Phi) is 6.45. The zero-order valence-electron chi connectivity index (χ0n) is 16.2. The number of para-hydroxylation sites is 1. The SMILES string of the molecule is CCOC(=O)c1cc(C#N)c(=S)n(CN2CCN(c3ccccc3)CC2)c1C. The Hall–Kier alpha value is -2.69. The molecule has 1 aliphatic rings. The maximum absolute atomic E-state index is 12.3. The third kappa shape index (κ3) is 4.24. The molecule has 1 aliphatic heterocycles. The summed E-state index contributed by atoms with van der Waals surface area (Å²) in [7, 11) is 0. The van der Waals surface area contributed by atoms with Gasteiger partial charge in [-0.15, -0.1) is 0 Å². The molecule has 0 spiro atoms. The normalized spacial score (nSPS) is 14.5. The summed E-state index contributed by atoms with van der Waals surface area (Å²) in [5.74, 6) is -0.422. The number of carbonyl (C=O) groups excluding carboxylic acids is 1. The quantitative estimate of drug-likeness (QED) is 0.571. The molecule has 2 aromatic rings. The minimum atomic E-state index is -0.422. The summed E-state index contributed by atoms with van der Waals surface area (Å²) < 4.78 is 7.47. The average Bonchev–Trinajstić information content (AvgIpc) is 2.72. The fourth-order valence-electron chi connectivity index (χ4n) is 3.41. The van der Waals surface area contributed by atoms with Gasteiger partial charge in [-0.3, -0.25) is 4.90 Å². The van der Waals surface area contributed by atoms with Crippen LogP contribution in [0.5, 0.6) is 0 Å². The number of hydrogen-bond acceptors (Lipinski definition) is 6. The van der Waals surface area contributed by atoms with Gasteiger partial charge in [0.25, 0.3) is 0 Å². The first-order valence-electron chi connectivity index (χ1n) is 9.39. The van der Waals surface area contributed by atoms with Crippen molar-refractivity contribution < 1.29 is 9.53 Å². The summed E-state index contributed by atoms with van der Waals surface area (Å²) >= 11 is 5.51. The third-order valence-corrected chi connectivity index (χ3v) is 5.45. The van der Waals surface area contributed by atoms with Crippen LogP contribution >= 0.6 is 12.2 Å². The standard InChI is InChI=1S/C21H24N4O2S/c1-3-27-21(26)19-13-17(14-22)20(28)25(16(19)2)15-23-9-11-24(12-10-23)18-7-5-4-6-8-18/h4-8,13H,3,9-12,15H2,1-2H3. The smallest absolute Gasteiger partial charge is 0.339 e. The van der Waals surface area contributed by atoms with Crippen LogP contribution in [0.1, 0.15) is 28.5 Å². The van der Waals surface area contributed by atoms with Gasteiger partial charge in [-0.05, 0) is 32.0 Å². The molecule has 1 saturated heterocycles. The van der Waals surface area contributed by atoms with E-state index >= 15 is 0 Å². The second kappa shape index (κ2) is 9.00. The molecule has 3 rings (SSSR count). The van der Waals surface area contributed by atoms with E-state index in [1.807, 2.05) is 17.6 Å². The van der Waals surface area contributed by atoms with Crippen molar-refractivity contribution in [2.45, 2.75) is 20.5 Å². The fourth-order valence-corrected chi connectivity index (χ4v) is 3.71. The monoisotopic (exact) mass is 396 g/mol. The molecule has 1 aromatic heterocycles. The van der Waals surface area contributed by atoms with E-state index in [9.17, 15) is 10.1 Å². The summed E-state index contributed by atoms with van der Waals surface area (Å²) in [5, 5.41) is 9.43. The molecule has 7 heteroatoms. The summed E-state index contributed by atoms with van der Waals surface area (Å²) in [4.78, 5) is 16.9. The lowest BCUT2D eigenvalue weighted by atomic mass is 10.1. The molecule has 1 aromatic carbocycles. The van der Waals surface area contributed by atoms with Gasteiger partial charge in [0.2, 0.25) is 0 Å². The lowest BCUT2D eigenvalue weighted by Crippen LogP contribution is -2.47. The number of rotatable bonds is 5. The van der Waals surface area contributed by atoms with Crippen LogP contribution in [0.3, 0.4) is 0 Å². The fraction of sp³-hybridized carbons (Fsp3) is 0.381. The third-order valence-electron chi connectivity index (χ3n) is 5.01. The molecule has 0 aliphatic carbocycles. The van der Waals surface area contributed by atoms with Gasteiger partial charge >= 0.3 is 5.97 Å². The highest BCUT2D eigenvalue weighted by atomic mass is 32.1. The van der Waals surface area contributed by atoms with Crippen LogP contribution in [-0.2, 0) is 11.4 Å². The van der Waals surface area contributed by atoms with E-state index in [2.05, 4.69) is 40.1 Å². The highest BCUT2D eigenvalue weighted by Crippen LogP contribution is 2.19. The maximum atomic E-state index is 12.3. The molecule has 146 valence electrons. The second-order valence-corrected chi connectivity index (χ2v) is 7.09. The van der Waals surface area contributed by atoms with Crippen molar-refractivity contribution in [3.63, 3.8) is 0 Å². The van der Waals surface area contributed by atoms with Crippen LogP contribution in [0.2, 0.25) is 0 Å². The summed E-state index contributed by atoms with van der Waals surface area (Å²) in [6.45, 7) is 8.04. The first kappa shape index (κ1) is 20.1. The molecular weight excluding hydrogens is 372 g/mol. The molecular formula is C21H24N4O2S. The predicted octanol–water partition coefficient (Wildman–Crippen LogP) is 3.35. The summed E-state index contributed by atoms with van der Waals surface area (Å²) in [6.07, 6.45) is 0. The highest BCUT2D eigenvalue weighted by Gasteiger charge is 2.21. The van der Waals surface area contributed by atoms with E-state index in [-0.39, 0.29) is 6.61 Å². The molecule has 0 radical (unpaired) electrons. The van der Waals surface area contributed by atoms with Crippen molar-refractivity contribution >= 4 is 23.9 Å². The average molecular weight is 397 g/mol. The number of carbonyl (C=O) groups is 1. The number of hydrogen-bond donors (Lipinski definition) is 0. The van der Waals surface area contributed by atoms with Crippen molar-refractivity contribution in [1.82, 2.24) is 9.47 Å². The van der Waals surface area contributed by atoms with Crippen LogP contribution in [0, 0.1) is 22.9 Å². The maximum Gasteiger partial charge on any atom is 0.339 e. The number of benzene rings is 1. The van der Waals surface area contributed by atoms with Crippen LogP contribution in [-0.4, -0.2) is 48.2 Å². The number of pyridine rings is 1. The first-order valence-corrected chi connectivity index (χ1v) is 9.80. The second-order valence-electron chi connectivity index (χ2n) is 6.70. The number of nitriles is 1. The van der Waals surface area contributed by atoms with Crippen LogP contribution in [0.4, 0.5) is 5.69 Å². The van der Waals surface area contributed by atoms with Crippen molar-refractivity contribution in [3.8, 4) is 6.07 Å². The Morgan fingerprint density at radius 1 is 1.21 bits per heavy atom. The summed E-state index contributed by atoms with van der Waals surface area (Å²) in [5.41, 5.74) is 2.68. The Morgan fingerprint density at radius 2 is 1.89 bits per heavy atom. The number of ether oxygens (including phenoxy) is 1. The van der Waals surface area contributed by atoms with E-state index in [0.717, 1.165) is 31.9 Å². The Balaban J connectivity index is 1.79. The number of anilines is 1. The minimum Gasteiger partial charge on any atom is -0.462 e. The number of esters is 1. The van der Waals surface area contributed by atoms with Crippen LogP contribution in [0.25, 0.3) is 0 Å². The van der Waals surface area contributed by atoms with Gasteiger partial charge in [0, 0.05) is 37.6 Å². The number of piperazine rings is 1. The highest BCUT2D eigenvalue weighted by molar-refractivity contribution is 7.71. The largest absolute Gasteiger partial charge is 0.462 e. The zero-order valence-corrected chi connectivity index (χ0v) is 17.0. The molecule has 0 amide bonds.